The zero-order valence-electron chi connectivity index (χ0n) is 8.59. The second kappa shape index (κ2) is 5.37. The molecule has 0 aliphatic rings. The van der Waals surface area contributed by atoms with E-state index in [1.54, 1.807) is 0 Å². The van der Waals surface area contributed by atoms with Crippen LogP contribution in [0.2, 0.25) is 0 Å². The van der Waals surface area contributed by atoms with Crippen molar-refractivity contribution in [1.82, 2.24) is 0 Å². The average molecular weight is 258 g/mol. The highest BCUT2D eigenvalue weighted by Crippen LogP contribution is 2.26. The maximum Gasteiger partial charge on any atom is 0.133 e. The van der Waals surface area contributed by atoms with Crippen LogP contribution >= 0.6 is 15.9 Å². The molecule has 1 aromatic rings. The number of hydrogen-bond acceptors (Lipinski definition) is 2. The fraction of sp³-hybridized carbons (Fsp3) is 0.455. The van der Waals surface area contributed by atoms with Gasteiger partial charge in [0.1, 0.15) is 5.75 Å². The van der Waals surface area contributed by atoms with Crippen LogP contribution in [-0.2, 0) is 6.54 Å². The third-order valence-corrected chi connectivity index (χ3v) is 2.42. The normalized spacial score (nSPS) is 10.6. The second-order valence-corrected chi connectivity index (χ2v) is 4.53. The Balaban J connectivity index is 2.69. The van der Waals surface area contributed by atoms with Crippen molar-refractivity contribution in [3.05, 3.63) is 28.2 Å². The molecule has 0 aromatic heterocycles. The first-order chi connectivity index (χ1) is 6.63. The van der Waals surface area contributed by atoms with Crippen LogP contribution in [0.3, 0.4) is 0 Å². The summed E-state index contributed by atoms with van der Waals surface area (Å²) >= 11 is 3.46. The van der Waals surface area contributed by atoms with Gasteiger partial charge in [0.25, 0.3) is 0 Å². The molecule has 0 spiro atoms. The quantitative estimate of drug-likeness (QED) is 0.901. The number of ether oxygens (including phenoxy) is 1. The van der Waals surface area contributed by atoms with Crippen molar-refractivity contribution in [1.29, 1.82) is 0 Å². The minimum atomic E-state index is 0.538. The Bertz CT molecular complexity index is 299. The number of nitrogens with two attached hydrogens (primary N) is 1. The molecule has 0 heterocycles. The van der Waals surface area contributed by atoms with Gasteiger partial charge in [-0.3, -0.25) is 0 Å². The molecule has 0 saturated carbocycles. The van der Waals surface area contributed by atoms with Crippen molar-refractivity contribution in [2.24, 2.45) is 11.7 Å². The fourth-order valence-electron chi connectivity index (χ4n) is 1.04. The number of rotatable bonds is 4. The summed E-state index contributed by atoms with van der Waals surface area (Å²) in [5, 5.41) is 0. The molecule has 2 nitrogen and oxygen atoms in total. The Hall–Kier alpha value is -0.540. The Labute approximate surface area is 93.6 Å². The van der Waals surface area contributed by atoms with E-state index in [1.807, 2.05) is 18.2 Å². The highest BCUT2D eigenvalue weighted by atomic mass is 79.9. The summed E-state index contributed by atoms with van der Waals surface area (Å²) in [6, 6.07) is 5.94. The van der Waals surface area contributed by atoms with Crippen molar-refractivity contribution in [2.75, 3.05) is 6.61 Å². The zero-order chi connectivity index (χ0) is 10.6. The summed E-state index contributed by atoms with van der Waals surface area (Å²) in [7, 11) is 0. The molecule has 0 unspecified atom stereocenters. The number of halogens is 1. The van der Waals surface area contributed by atoms with Crippen molar-refractivity contribution in [3.63, 3.8) is 0 Å². The molecule has 0 radical (unpaired) electrons. The molecule has 0 aliphatic heterocycles. The van der Waals surface area contributed by atoms with Gasteiger partial charge in [0, 0.05) is 6.54 Å². The van der Waals surface area contributed by atoms with E-state index in [4.69, 9.17) is 10.5 Å². The molecule has 0 amide bonds. The van der Waals surface area contributed by atoms with Gasteiger partial charge in [-0.1, -0.05) is 19.9 Å². The molecule has 0 saturated heterocycles. The van der Waals surface area contributed by atoms with E-state index < -0.39 is 0 Å². The summed E-state index contributed by atoms with van der Waals surface area (Å²) in [5.74, 6) is 1.42. The Morgan fingerprint density at radius 2 is 2.14 bits per heavy atom. The highest BCUT2D eigenvalue weighted by Gasteiger charge is 2.02. The van der Waals surface area contributed by atoms with Crippen LogP contribution in [0.15, 0.2) is 22.7 Å². The van der Waals surface area contributed by atoms with Crippen LogP contribution in [0.4, 0.5) is 0 Å². The first-order valence-corrected chi connectivity index (χ1v) is 5.54. The Morgan fingerprint density at radius 1 is 1.43 bits per heavy atom. The molecule has 0 aliphatic carbocycles. The molecular weight excluding hydrogens is 242 g/mol. The van der Waals surface area contributed by atoms with E-state index in [0.29, 0.717) is 12.5 Å². The van der Waals surface area contributed by atoms with Crippen molar-refractivity contribution in [3.8, 4) is 5.75 Å². The first-order valence-electron chi connectivity index (χ1n) is 4.74. The monoisotopic (exact) mass is 257 g/mol. The average Bonchev–Trinajstić information content (AvgIpc) is 2.15. The Kier molecular flexibility index (Phi) is 4.42. The van der Waals surface area contributed by atoms with Crippen LogP contribution in [0.1, 0.15) is 19.4 Å². The molecule has 14 heavy (non-hydrogen) atoms. The van der Waals surface area contributed by atoms with Crippen molar-refractivity contribution >= 4 is 15.9 Å². The summed E-state index contributed by atoms with van der Waals surface area (Å²) in [4.78, 5) is 0. The lowest BCUT2D eigenvalue weighted by Gasteiger charge is -2.10. The standard InChI is InChI=1S/C11H16BrNO/c1-8(2)7-14-11-4-3-9(6-13)5-10(11)12/h3-5,8H,6-7,13H2,1-2H3. The third kappa shape index (κ3) is 3.31. The van der Waals surface area contributed by atoms with E-state index >= 15 is 0 Å². The number of hydrogen-bond donors (Lipinski definition) is 1. The van der Waals surface area contributed by atoms with Crippen LogP contribution in [0.25, 0.3) is 0 Å². The van der Waals surface area contributed by atoms with Gasteiger partial charge in [-0.05, 0) is 39.5 Å². The maximum absolute atomic E-state index is 5.61. The minimum Gasteiger partial charge on any atom is -0.492 e. The van der Waals surface area contributed by atoms with E-state index in [0.717, 1.165) is 22.4 Å². The smallest absolute Gasteiger partial charge is 0.133 e. The summed E-state index contributed by atoms with van der Waals surface area (Å²) < 4.78 is 6.58. The first kappa shape index (κ1) is 11.5. The third-order valence-electron chi connectivity index (χ3n) is 1.80. The number of benzene rings is 1. The van der Waals surface area contributed by atoms with Gasteiger partial charge in [-0.2, -0.15) is 0 Å². The van der Waals surface area contributed by atoms with E-state index in [-0.39, 0.29) is 0 Å². The van der Waals surface area contributed by atoms with Crippen LogP contribution in [0, 0.1) is 5.92 Å². The van der Waals surface area contributed by atoms with Gasteiger partial charge >= 0.3 is 0 Å². The van der Waals surface area contributed by atoms with Gasteiger partial charge in [0.05, 0.1) is 11.1 Å². The molecule has 0 atom stereocenters. The van der Waals surface area contributed by atoms with E-state index in [2.05, 4.69) is 29.8 Å². The molecular formula is C11H16BrNO. The Morgan fingerprint density at radius 3 is 2.64 bits per heavy atom. The predicted molar refractivity (Wildman–Crippen MR) is 62.4 cm³/mol. The molecule has 3 heteroatoms. The minimum absolute atomic E-state index is 0.538. The maximum atomic E-state index is 5.61. The van der Waals surface area contributed by atoms with Gasteiger partial charge in [0.15, 0.2) is 0 Å². The molecule has 2 N–H and O–H groups in total. The van der Waals surface area contributed by atoms with Crippen molar-refractivity contribution < 1.29 is 4.74 Å². The van der Waals surface area contributed by atoms with Gasteiger partial charge in [-0.25, -0.2) is 0 Å². The fourth-order valence-corrected chi connectivity index (χ4v) is 1.59. The van der Waals surface area contributed by atoms with Crippen molar-refractivity contribution in [2.45, 2.75) is 20.4 Å². The van der Waals surface area contributed by atoms with Crippen LogP contribution in [-0.4, -0.2) is 6.61 Å². The lowest BCUT2D eigenvalue weighted by molar-refractivity contribution is 0.269. The highest BCUT2D eigenvalue weighted by molar-refractivity contribution is 9.10. The topological polar surface area (TPSA) is 35.2 Å². The summed E-state index contributed by atoms with van der Waals surface area (Å²) in [6.07, 6.45) is 0. The van der Waals surface area contributed by atoms with Gasteiger partial charge in [-0.15, -0.1) is 0 Å². The van der Waals surface area contributed by atoms with E-state index in [9.17, 15) is 0 Å². The summed E-state index contributed by atoms with van der Waals surface area (Å²) in [6.45, 7) is 5.55. The predicted octanol–water partition coefficient (Wildman–Crippen LogP) is 2.94. The molecule has 1 aromatic carbocycles. The SMILES string of the molecule is CC(C)COc1ccc(CN)cc1Br. The molecule has 1 rings (SSSR count). The lowest BCUT2D eigenvalue weighted by atomic mass is 10.2. The summed E-state index contributed by atoms with van der Waals surface area (Å²) in [5.41, 5.74) is 6.63. The second-order valence-electron chi connectivity index (χ2n) is 3.67. The molecule has 0 fully saturated rings. The molecule has 78 valence electrons. The van der Waals surface area contributed by atoms with Crippen LogP contribution < -0.4 is 10.5 Å². The zero-order valence-corrected chi connectivity index (χ0v) is 10.2. The van der Waals surface area contributed by atoms with E-state index in [1.165, 1.54) is 0 Å². The lowest BCUT2D eigenvalue weighted by Crippen LogP contribution is -2.05. The van der Waals surface area contributed by atoms with Gasteiger partial charge < -0.3 is 10.5 Å². The largest absolute Gasteiger partial charge is 0.492 e. The molecule has 0 bridgehead atoms. The van der Waals surface area contributed by atoms with Gasteiger partial charge in [0.2, 0.25) is 0 Å². The van der Waals surface area contributed by atoms with Crippen LogP contribution in [0.5, 0.6) is 5.75 Å².